The Labute approximate surface area is 115 Å². The van der Waals surface area contributed by atoms with Crippen molar-refractivity contribution in [1.82, 2.24) is 5.32 Å². The summed E-state index contributed by atoms with van der Waals surface area (Å²) in [7, 11) is 0. The maximum Gasteiger partial charge on any atom is 0.253 e. The maximum absolute atomic E-state index is 12.2. The fourth-order valence-corrected chi connectivity index (χ4v) is 1.83. The number of aliphatic hydroxyl groups is 1. The first-order chi connectivity index (χ1) is 9.00. The molecule has 0 spiro atoms. The lowest BCUT2D eigenvalue weighted by atomic mass is 9.89. The first-order valence-electron chi connectivity index (χ1n) is 6.72. The number of anilines is 1. The molecule has 0 saturated heterocycles. The number of para-hydroxylation sites is 1. The lowest BCUT2D eigenvalue weighted by molar-refractivity contribution is 0.0929. The highest BCUT2D eigenvalue weighted by Crippen LogP contribution is 2.19. The van der Waals surface area contributed by atoms with Crippen LogP contribution in [-0.2, 0) is 0 Å². The Morgan fingerprint density at radius 3 is 2.63 bits per heavy atom. The van der Waals surface area contributed by atoms with E-state index in [1.165, 1.54) is 0 Å². The highest BCUT2D eigenvalue weighted by Gasteiger charge is 2.19. The number of nitrogens with one attached hydrogen (secondary N) is 2. The molecule has 0 aliphatic rings. The Hall–Kier alpha value is -1.55. The Morgan fingerprint density at radius 1 is 1.32 bits per heavy atom. The topological polar surface area (TPSA) is 61.4 Å². The van der Waals surface area contributed by atoms with E-state index in [4.69, 9.17) is 5.11 Å². The van der Waals surface area contributed by atoms with Crippen LogP contribution in [-0.4, -0.2) is 30.7 Å². The zero-order valence-electron chi connectivity index (χ0n) is 12.0. The quantitative estimate of drug-likeness (QED) is 0.708. The smallest absolute Gasteiger partial charge is 0.253 e. The van der Waals surface area contributed by atoms with Crippen molar-refractivity contribution >= 4 is 11.6 Å². The van der Waals surface area contributed by atoms with Gasteiger partial charge in [0.25, 0.3) is 5.91 Å². The number of rotatable bonds is 7. The fourth-order valence-electron chi connectivity index (χ4n) is 1.83. The van der Waals surface area contributed by atoms with Gasteiger partial charge in [-0.1, -0.05) is 26.0 Å². The van der Waals surface area contributed by atoms with Crippen LogP contribution in [0.25, 0.3) is 0 Å². The van der Waals surface area contributed by atoms with Crippen molar-refractivity contribution in [2.75, 3.05) is 25.0 Å². The summed E-state index contributed by atoms with van der Waals surface area (Å²) < 4.78 is 0. The van der Waals surface area contributed by atoms with E-state index < -0.39 is 0 Å². The van der Waals surface area contributed by atoms with E-state index in [0.717, 1.165) is 12.2 Å². The van der Waals surface area contributed by atoms with Gasteiger partial charge in [0.15, 0.2) is 0 Å². The zero-order chi connectivity index (χ0) is 14.3. The van der Waals surface area contributed by atoms with E-state index in [1.54, 1.807) is 0 Å². The summed E-state index contributed by atoms with van der Waals surface area (Å²) in [4.78, 5) is 12.2. The van der Waals surface area contributed by atoms with Crippen molar-refractivity contribution in [3.05, 3.63) is 29.8 Å². The lowest BCUT2D eigenvalue weighted by Crippen LogP contribution is -2.34. The molecule has 0 aromatic heterocycles. The molecule has 0 aliphatic heterocycles. The Morgan fingerprint density at radius 2 is 2.00 bits per heavy atom. The summed E-state index contributed by atoms with van der Waals surface area (Å²) >= 11 is 0. The molecule has 0 unspecified atom stereocenters. The Bertz CT molecular complexity index is 416. The molecule has 0 atom stereocenters. The van der Waals surface area contributed by atoms with Crippen LogP contribution in [0.5, 0.6) is 0 Å². The fraction of sp³-hybridized carbons (Fsp3) is 0.533. The van der Waals surface area contributed by atoms with Gasteiger partial charge in [-0.2, -0.15) is 0 Å². The number of hydrogen-bond acceptors (Lipinski definition) is 3. The lowest BCUT2D eigenvalue weighted by Gasteiger charge is -2.24. The van der Waals surface area contributed by atoms with Gasteiger partial charge in [-0.05, 0) is 30.9 Å². The molecule has 0 saturated carbocycles. The summed E-state index contributed by atoms with van der Waals surface area (Å²) in [5.74, 6) is -0.0810. The molecule has 4 heteroatoms. The second-order valence-electron chi connectivity index (χ2n) is 5.40. The molecule has 1 aromatic carbocycles. The average Bonchev–Trinajstić information content (AvgIpc) is 2.37. The third-order valence-electron chi connectivity index (χ3n) is 3.05. The van der Waals surface area contributed by atoms with Crippen molar-refractivity contribution < 1.29 is 9.90 Å². The highest BCUT2D eigenvalue weighted by molar-refractivity contribution is 5.99. The predicted octanol–water partition coefficient (Wildman–Crippen LogP) is 2.26. The number of hydrogen-bond donors (Lipinski definition) is 3. The normalized spacial score (nSPS) is 11.2. The number of amides is 1. The first-order valence-corrected chi connectivity index (χ1v) is 6.72. The molecule has 106 valence electrons. The SMILES string of the molecule is CCNc1ccccc1C(=O)NCC(C)(C)CCO. The standard InChI is InChI=1S/C15H24N2O2/c1-4-16-13-8-6-5-7-12(13)14(19)17-11-15(2,3)9-10-18/h5-8,16,18H,4,9-11H2,1-3H3,(H,17,19). The van der Waals surface area contributed by atoms with Gasteiger partial charge in [-0.3, -0.25) is 4.79 Å². The summed E-state index contributed by atoms with van der Waals surface area (Å²) in [5.41, 5.74) is 1.41. The van der Waals surface area contributed by atoms with Crippen LogP contribution in [0.2, 0.25) is 0 Å². The van der Waals surface area contributed by atoms with Crippen LogP contribution < -0.4 is 10.6 Å². The van der Waals surface area contributed by atoms with E-state index in [9.17, 15) is 4.79 Å². The van der Waals surface area contributed by atoms with Gasteiger partial charge in [-0.15, -0.1) is 0 Å². The van der Waals surface area contributed by atoms with Crippen molar-refractivity contribution in [2.45, 2.75) is 27.2 Å². The summed E-state index contributed by atoms with van der Waals surface area (Å²) in [5, 5.41) is 15.1. The number of benzene rings is 1. The van der Waals surface area contributed by atoms with Gasteiger partial charge in [0.1, 0.15) is 0 Å². The van der Waals surface area contributed by atoms with E-state index in [0.29, 0.717) is 18.5 Å². The molecule has 0 bridgehead atoms. The third kappa shape index (κ3) is 4.91. The summed E-state index contributed by atoms with van der Waals surface area (Å²) in [6, 6.07) is 7.47. The molecule has 0 fully saturated rings. The molecule has 19 heavy (non-hydrogen) atoms. The Kier molecular flexibility index (Phi) is 5.83. The zero-order valence-corrected chi connectivity index (χ0v) is 12.0. The van der Waals surface area contributed by atoms with Gasteiger partial charge in [0.05, 0.1) is 5.56 Å². The van der Waals surface area contributed by atoms with Crippen molar-refractivity contribution in [1.29, 1.82) is 0 Å². The molecule has 0 aliphatic carbocycles. The molecule has 1 rings (SSSR count). The Balaban J connectivity index is 2.68. The second-order valence-corrected chi connectivity index (χ2v) is 5.40. The van der Waals surface area contributed by atoms with Crippen molar-refractivity contribution in [2.24, 2.45) is 5.41 Å². The van der Waals surface area contributed by atoms with Crippen molar-refractivity contribution in [3.8, 4) is 0 Å². The minimum atomic E-state index is -0.0997. The molecule has 0 heterocycles. The van der Waals surface area contributed by atoms with Gasteiger partial charge in [0.2, 0.25) is 0 Å². The van der Waals surface area contributed by atoms with Crippen LogP contribution in [0.15, 0.2) is 24.3 Å². The van der Waals surface area contributed by atoms with Crippen molar-refractivity contribution in [3.63, 3.8) is 0 Å². The molecule has 1 aromatic rings. The van der Waals surface area contributed by atoms with Gasteiger partial charge in [-0.25, -0.2) is 0 Å². The maximum atomic E-state index is 12.2. The van der Waals surface area contributed by atoms with Crippen LogP contribution in [0.4, 0.5) is 5.69 Å². The van der Waals surface area contributed by atoms with Crippen LogP contribution in [0.1, 0.15) is 37.6 Å². The van der Waals surface area contributed by atoms with Gasteiger partial charge >= 0.3 is 0 Å². The van der Waals surface area contributed by atoms with E-state index in [2.05, 4.69) is 10.6 Å². The van der Waals surface area contributed by atoms with E-state index in [1.807, 2.05) is 45.0 Å². The minimum Gasteiger partial charge on any atom is -0.396 e. The summed E-state index contributed by atoms with van der Waals surface area (Å²) in [6.07, 6.45) is 0.669. The highest BCUT2D eigenvalue weighted by atomic mass is 16.3. The number of aliphatic hydroxyl groups excluding tert-OH is 1. The summed E-state index contributed by atoms with van der Waals surface area (Å²) in [6.45, 7) is 7.52. The number of carbonyl (C=O) groups excluding carboxylic acids is 1. The van der Waals surface area contributed by atoms with Crippen LogP contribution in [0.3, 0.4) is 0 Å². The molecular weight excluding hydrogens is 240 g/mol. The third-order valence-corrected chi connectivity index (χ3v) is 3.05. The molecule has 4 nitrogen and oxygen atoms in total. The predicted molar refractivity (Wildman–Crippen MR) is 78.4 cm³/mol. The minimum absolute atomic E-state index is 0.0810. The van der Waals surface area contributed by atoms with Gasteiger partial charge < -0.3 is 15.7 Å². The largest absolute Gasteiger partial charge is 0.396 e. The van der Waals surface area contributed by atoms with Gasteiger partial charge in [0, 0.05) is 25.4 Å². The van der Waals surface area contributed by atoms with E-state index in [-0.39, 0.29) is 17.9 Å². The van der Waals surface area contributed by atoms with Crippen LogP contribution in [0, 0.1) is 5.41 Å². The molecule has 1 amide bonds. The monoisotopic (exact) mass is 264 g/mol. The first kappa shape index (κ1) is 15.5. The molecule has 0 radical (unpaired) electrons. The second kappa shape index (κ2) is 7.14. The van der Waals surface area contributed by atoms with Crippen LogP contribution >= 0.6 is 0 Å². The number of carbonyl (C=O) groups is 1. The average molecular weight is 264 g/mol. The van der Waals surface area contributed by atoms with E-state index >= 15 is 0 Å². The molecular formula is C15H24N2O2. The molecule has 3 N–H and O–H groups in total.